The summed E-state index contributed by atoms with van der Waals surface area (Å²) < 4.78 is 12.4. The van der Waals surface area contributed by atoms with Gasteiger partial charge >= 0.3 is 6.03 Å². The van der Waals surface area contributed by atoms with Crippen molar-refractivity contribution in [2.24, 2.45) is 0 Å². The number of ether oxygens (including phenoxy) is 2. The molecule has 2 amide bonds. The van der Waals surface area contributed by atoms with Gasteiger partial charge in [0.05, 0.1) is 17.5 Å². The van der Waals surface area contributed by atoms with E-state index in [1.54, 1.807) is 11.1 Å². The van der Waals surface area contributed by atoms with Gasteiger partial charge in [-0.1, -0.05) is 29.5 Å². The number of piperidine rings is 1. The molecule has 3 aliphatic heterocycles. The third kappa shape index (κ3) is 3.51. The van der Waals surface area contributed by atoms with Crippen LogP contribution in [0, 0.1) is 0 Å². The lowest BCUT2D eigenvalue weighted by molar-refractivity contribution is -0.156. The minimum Gasteiger partial charge on any atom is -0.454 e. The molecule has 3 aliphatic rings. The standard InChI is InChI=1S/C27H24N6O4/c34-26-24(17-7-8-22-23(14-17)37-16-36-22)25(18-4-3-11-28-15-18)32(26)19-9-12-31(13-10-19)27(35)33-21-6-2-1-5-20(21)29-30-33/h1-8,11,14-15,19,24-25H,9-10,12-13,16H2/t24-,25-/m1/s1. The van der Waals surface area contributed by atoms with Crippen LogP contribution in [0.4, 0.5) is 4.79 Å². The molecule has 7 rings (SSSR count). The predicted octanol–water partition coefficient (Wildman–Crippen LogP) is 3.35. The van der Waals surface area contributed by atoms with Gasteiger partial charge < -0.3 is 19.3 Å². The Balaban J connectivity index is 1.11. The van der Waals surface area contributed by atoms with Crippen molar-refractivity contribution in [3.63, 3.8) is 0 Å². The topological polar surface area (TPSA) is 103 Å². The van der Waals surface area contributed by atoms with Crippen LogP contribution in [0.3, 0.4) is 0 Å². The number of carbonyl (C=O) groups is 2. The van der Waals surface area contributed by atoms with Crippen LogP contribution < -0.4 is 9.47 Å². The SMILES string of the molecule is O=C1[C@H](c2ccc3c(c2)OCO3)[C@@H](c2cccnc2)N1C1CCN(C(=O)n2nnc3ccccc32)CC1. The van der Waals surface area contributed by atoms with Crippen molar-refractivity contribution in [1.29, 1.82) is 0 Å². The van der Waals surface area contributed by atoms with Crippen LogP contribution in [0.1, 0.15) is 35.9 Å². The highest BCUT2D eigenvalue weighted by atomic mass is 16.7. The molecule has 0 aliphatic carbocycles. The number of amides is 2. The van der Waals surface area contributed by atoms with Gasteiger partial charge in [0.15, 0.2) is 11.5 Å². The number of pyridine rings is 1. The van der Waals surface area contributed by atoms with Gasteiger partial charge in [-0.05, 0) is 54.3 Å². The highest BCUT2D eigenvalue weighted by Crippen LogP contribution is 2.50. The molecule has 2 fully saturated rings. The third-order valence-electron chi connectivity index (χ3n) is 7.58. The van der Waals surface area contributed by atoms with E-state index < -0.39 is 0 Å². The van der Waals surface area contributed by atoms with E-state index in [9.17, 15) is 9.59 Å². The second-order valence-corrected chi connectivity index (χ2v) is 9.56. The highest BCUT2D eigenvalue weighted by molar-refractivity contribution is 5.92. The normalized spacial score (nSPS) is 21.4. The summed E-state index contributed by atoms with van der Waals surface area (Å²) in [5, 5.41) is 8.17. The van der Waals surface area contributed by atoms with Crippen LogP contribution in [0.15, 0.2) is 67.0 Å². The number of hydrogen-bond donors (Lipinski definition) is 0. The monoisotopic (exact) mass is 496 g/mol. The Hall–Kier alpha value is -4.47. The zero-order valence-corrected chi connectivity index (χ0v) is 19.9. The fraction of sp³-hybridized carbons (Fsp3) is 0.296. The molecule has 2 saturated heterocycles. The molecule has 10 nitrogen and oxygen atoms in total. The molecule has 0 radical (unpaired) electrons. The Kier molecular flexibility index (Phi) is 5.05. The van der Waals surface area contributed by atoms with E-state index >= 15 is 0 Å². The highest BCUT2D eigenvalue weighted by Gasteiger charge is 2.52. The average Bonchev–Trinajstić information content (AvgIpc) is 3.59. The molecule has 0 spiro atoms. The number of β-lactam (4-membered cyclic amide) rings is 1. The van der Waals surface area contributed by atoms with Crippen LogP contribution in [0.5, 0.6) is 11.5 Å². The van der Waals surface area contributed by atoms with Gasteiger partial charge in [-0.2, -0.15) is 4.68 Å². The summed E-state index contributed by atoms with van der Waals surface area (Å²) in [5.41, 5.74) is 3.28. The number of para-hydroxylation sites is 1. The van der Waals surface area contributed by atoms with Gasteiger partial charge in [-0.15, -0.1) is 5.10 Å². The van der Waals surface area contributed by atoms with Crippen molar-refractivity contribution >= 4 is 23.0 Å². The number of carbonyl (C=O) groups excluding carboxylic acids is 2. The zero-order chi connectivity index (χ0) is 24.9. The predicted molar refractivity (Wildman–Crippen MR) is 132 cm³/mol. The lowest BCUT2D eigenvalue weighted by atomic mass is 9.76. The lowest BCUT2D eigenvalue weighted by Crippen LogP contribution is -2.60. The summed E-state index contributed by atoms with van der Waals surface area (Å²) in [6, 6.07) is 16.8. The number of benzene rings is 2. The van der Waals surface area contributed by atoms with E-state index in [1.807, 2.05) is 65.7 Å². The van der Waals surface area contributed by atoms with E-state index in [-0.39, 0.29) is 36.7 Å². The Labute approximate surface area is 212 Å². The summed E-state index contributed by atoms with van der Waals surface area (Å²) >= 11 is 0. The van der Waals surface area contributed by atoms with Gasteiger partial charge in [0.2, 0.25) is 12.7 Å². The van der Waals surface area contributed by atoms with Crippen molar-refractivity contribution in [2.45, 2.75) is 30.8 Å². The minimum absolute atomic E-state index is 0.0273. The first-order valence-corrected chi connectivity index (χ1v) is 12.4. The Morgan fingerprint density at radius 1 is 0.946 bits per heavy atom. The van der Waals surface area contributed by atoms with E-state index in [0.717, 1.165) is 11.1 Å². The van der Waals surface area contributed by atoms with Crippen molar-refractivity contribution in [3.05, 3.63) is 78.1 Å². The number of likely N-dealkylation sites (tertiary alicyclic amines) is 2. The van der Waals surface area contributed by atoms with Crippen LogP contribution in [-0.2, 0) is 4.79 Å². The molecule has 0 N–H and O–H groups in total. The average molecular weight is 497 g/mol. The summed E-state index contributed by atoms with van der Waals surface area (Å²) in [4.78, 5) is 34.9. The van der Waals surface area contributed by atoms with Crippen molar-refractivity contribution in [3.8, 4) is 11.5 Å². The van der Waals surface area contributed by atoms with Gasteiger partial charge in [-0.3, -0.25) is 9.78 Å². The van der Waals surface area contributed by atoms with E-state index in [2.05, 4.69) is 15.3 Å². The molecular weight excluding hydrogens is 472 g/mol. The first kappa shape index (κ1) is 21.8. The molecule has 2 atom stereocenters. The summed E-state index contributed by atoms with van der Waals surface area (Å²) in [6.45, 7) is 1.27. The third-order valence-corrected chi connectivity index (χ3v) is 7.58. The number of hydrogen-bond acceptors (Lipinski definition) is 7. The molecule has 0 bridgehead atoms. The van der Waals surface area contributed by atoms with Crippen molar-refractivity contribution in [2.75, 3.05) is 19.9 Å². The van der Waals surface area contributed by atoms with Gasteiger partial charge in [0.1, 0.15) is 5.52 Å². The second-order valence-electron chi connectivity index (χ2n) is 9.56. The molecule has 4 aromatic rings. The van der Waals surface area contributed by atoms with Crippen LogP contribution in [0.2, 0.25) is 0 Å². The van der Waals surface area contributed by atoms with Crippen molar-refractivity contribution in [1.82, 2.24) is 29.8 Å². The van der Waals surface area contributed by atoms with E-state index in [4.69, 9.17) is 9.47 Å². The fourth-order valence-corrected chi connectivity index (χ4v) is 5.73. The maximum Gasteiger partial charge on any atom is 0.346 e. The van der Waals surface area contributed by atoms with Gasteiger partial charge in [-0.25, -0.2) is 4.79 Å². The quantitative estimate of drug-likeness (QED) is 0.401. The largest absolute Gasteiger partial charge is 0.454 e. The zero-order valence-electron chi connectivity index (χ0n) is 19.9. The van der Waals surface area contributed by atoms with Crippen molar-refractivity contribution < 1.29 is 19.1 Å². The molecular formula is C27H24N6O4. The maximum absolute atomic E-state index is 13.6. The number of fused-ring (bicyclic) bond motifs is 2. The molecule has 0 saturated carbocycles. The number of rotatable bonds is 3. The van der Waals surface area contributed by atoms with E-state index in [1.165, 1.54) is 4.68 Å². The molecule has 10 heteroatoms. The minimum atomic E-state index is -0.320. The molecule has 37 heavy (non-hydrogen) atoms. The first-order chi connectivity index (χ1) is 18.2. The molecule has 186 valence electrons. The second kappa shape index (κ2) is 8.58. The summed E-state index contributed by atoms with van der Waals surface area (Å²) in [6.07, 6.45) is 4.95. The van der Waals surface area contributed by atoms with Crippen LogP contribution in [-0.4, -0.2) is 67.6 Å². The molecule has 2 aromatic heterocycles. The van der Waals surface area contributed by atoms with Gasteiger partial charge in [0.25, 0.3) is 0 Å². The number of nitrogens with zero attached hydrogens (tertiary/aromatic N) is 6. The Morgan fingerprint density at radius 3 is 2.62 bits per heavy atom. The summed E-state index contributed by atoms with van der Waals surface area (Å²) in [5.74, 6) is 1.13. The first-order valence-electron chi connectivity index (χ1n) is 12.4. The van der Waals surface area contributed by atoms with E-state index in [0.29, 0.717) is 48.5 Å². The molecule has 2 aromatic carbocycles. The smallest absolute Gasteiger partial charge is 0.346 e. The van der Waals surface area contributed by atoms with Gasteiger partial charge in [0, 0.05) is 31.5 Å². The van der Waals surface area contributed by atoms with Crippen LogP contribution in [0.25, 0.3) is 11.0 Å². The number of aromatic nitrogens is 4. The molecule has 5 heterocycles. The maximum atomic E-state index is 13.6. The Bertz CT molecular complexity index is 1500. The molecule has 0 unspecified atom stereocenters. The lowest BCUT2D eigenvalue weighted by Gasteiger charge is -2.53. The van der Waals surface area contributed by atoms with Crippen LogP contribution >= 0.6 is 0 Å². The Morgan fingerprint density at radius 2 is 1.78 bits per heavy atom. The summed E-state index contributed by atoms with van der Waals surface area (Å²) in [7, 11) is 0. The fourth-order valence-electron chi connectivity index (χ4n) is 5.73.